The van der Waals surface area contributed by atoms with Gasteiger partial charge in [0.2, 0.25) is 17.1 Å². The lowest BCUT2D eigenvalue weighted by Gasteiger charge is -2.39. The minimum absolute atomic E-state index is 0.00767. The molecule has 1 saturated carbocycles. The van der Waals surface area contributed by atoms with E-state index in [4.69, 9.17) is 25.5 Å². The number of rotatable bonds is 18. The van der Waals surface area contributed by atoms with Crippen molar-refractivity contribution in [3.8, 4) is 11.5 Å². The quantitative estimate of drug-likeness (QED) is 0.0423. The monoisotopic (exact) mass is 922 g/mol. The second-order valence-electron chi connectivity index (χ2n) is 17.6. The van der Waals surface area contributed by atoms with Crippen LogP contribution in [0.15, 0.2) is 76.2 Å². The van der Waals surface area contributed by atoms with Crippen molar-refractivity contribution in [2.45, 2.75) is 108 Å². The van der Waals surface area contributed by atoms with Crippen molar-refractivity contribution in [1.82, 2.24) is 15.2 Å². The van der Waals surface area contributed by atoms with Crippen molar-refractivity contribution in [3.05, 3.63) is 108 Å². The van der Waals surface area contributed by atoms with Crippen molar-refractivity contribution >= 4 is 71.1 Å². The number of nitrogens with zero attached hydrogens (tertiary/aromatic N) is 1. The van der Waals surface area contributed by atoms with Crippen LogP contribution < -0.4 is 20.9 Å². The second kappa shape index (κ2) is 20.2. The maximum Gasteiger partial charge on any atom is 0.349 e. The highest BCUT2D eigenvalue weighted by Gasteiger charge is 2.45. The molecule has 6 rings (SSSR count). The molecule has 0 aliphatic heterocycles. The first kappa shape index (κ1) is 47.4. The molecule has 334 valence electrons. The number of hydrogen-bond donors (Lipinski definition) is 5. The van der Waals surface area contributed by atoms with Crippen molar-refractivity contribution in [2.24, 2.45) is 0 Å². The van der Waals surface area contributed by atoms with Crippen molar-refractivity contribution in [3.63, 3.8) is 0 Å². The Balaban J connectivity index is 0.998. The van der Waals surface area contributed by atoms with Gasteiger partial charge in [-0.3, -0.25) is 9.59 Å². The van der Waals surface area contributed by atoms with Crippen LogP contribution >= 0.6 is 34.3 Å². The number of carbonyl (C=O) groups excluding carboxylic acids is 2. The first-order valence-corrected chi connectivity index (χ1v) is 26.1. The van der Waals surface area contributed by atoms with Crippen LogP contribution in [-0.4, -0.2) is 79.7 Å². The van der Waals surface area contributed by atoms with Gasteiger partial charge in [0.05, 0.1) is 39.2 Å². The summed E-state index contributed by atoms with van der Waals surface area (Å²) in [4.78, 5) is 44.8. The van der Waals surface area contributed by atoms with Gasteiger partial charge in [-0.2, -0.15) is 0 Å². The minimum Gasteiger partial charge on any atom is -0.506 e. The van der Waals surface area contributed by atoms with Gasteiger partial charge in [-0.05, 0) is 110 Å². The molecule has 1 aliphatic rings. The number of nitrogens with one attached hydrogen (secondary N) is 3. The molecule has 3 heterocycles. The predicted octanol–water partition coefficient (Wildman–Crippen LogP) is 9.31. The Morgan fingerprint density at radius 1 is 1.02 bits per heavy atom. The number of anilines is 1. The molecule has 0 radical (unpaired) electrons. The number of esters is 1. The Hall–Kier alpha value is -4.06. The standard InChI is InChI=1S/C46H59ClN4O8S2Si/c1-45(2,3)62(6,7)59-38(32-18-20-36(52)43-33(32)19-21-42(54)50-43)28-48-27-29-25-34(47)35(26-37(29)57-5)49-41(53)13-8-22-51(4)30-14-16-31(17-15-30)58-44(55)46(56,39-11-9-23-60-39)40-12-10-24-61-40/h9-12,18-21,23-26,30-31,38,48,52,56H,8,13-17,22,27-28H2,1-7H3,(H,49,53)(H,50,54)/t30?,31?,38-/m1/s1. The first-order chi connectivity index (χ1) is 29.4. The van der Waals surface area contributed by atoms with E-state index in [1.807, 2.05) is 29.0 Å². The number of fused-ring (bicyclic) bond motifs is 1. The third-order valence-electron chi connectivity index (χ3n) is 12.3. The van der Waals surface area contributed by atoms with E-state index >= 15 is 0 Å². The number of carbonyl (C=O) groups is 2. The number of aromatic amines is 1. The number of halogens is 1. The van der Waals surface area contributed by atoms with E-state index in [2.05, 4.69) is 61.4 Å². The number of thiophene rings is 2. The zero-order chi connectivity index (χ0) is 44.8. The van der Waals surface area contributed by atoms with Crippen LogP contribution in [0.1, 0.15) is 86.3 Å². The summed E-state index contributed by atoms with van der Waals surface area (Å²) in [5.74, 6) is -0.227. The number of pyridine rings is 1. The van der Waals surface area contributed by atoms with Crippen molar-refractivity contribution in [1.29, 1.82) is 0 Å². The molecule has 3 aromatic heterocycles. The van der Waals surface area contributed by atoms with Gasteiger partial charge in [0, 0.05) is 48.6 Å². The van der Waals surface area contributed by atoms with Gasteiger partial charge in [-0.1, -0.05) is 50.6 Å². The number of methoxy groups -OCH3 is 1. The summed E-state index contributed by atoms with van der Waals surface area (Å²) in [7, 11) is 1.36. The number of H-pyrrole nitrogens is 1. The summed E-state index contributed by atoms with van der Waals surface area (Å²) in [6.45, 7) is 12.5. The summed E-state index contributed by atoms with van der Waals surface area (Å²) in [6.07, 6.45) is 3.36. The van der Waals surface area contributed by atoms with E-state index < -0.39 is 26.0 Å². The molecule has 62 heavy (non-hydrogen) atoms. The number of amides is 1. The molecule has 1 amide bonds. The molecule has 2 aromatic carbocycles. The van der Waals surface area contributed by atoms with E-state index in [1.165, 1.54) is 28.7 Å². The number of phenolic OH excluding ortho intramolecular Hbond substituents is 1. The van der Waals surface area contributed by atoms with Crippen molar-refractivity contribution < 1.29 is 33.7 Å². The number of phenols is 1. The first-order valence-electron chi connectivity index (χ1n) is 21.0. The summed E-state index contributed by atoms with van der Waals surface area (Å²) in [6, 6.07) is 17.6. The van der Waals surface area contributed by atoms with E-state index in [0.717, 1.165) is 30.5 Å². The van der Waals surface area contributed by atoms with Crippen LogP contribution in [0.2, 0.25) is 23.2 Å². The smallest absolute Gasteiger partial charge is 0.349 e. The van der Waals surface area contributed by atoms with Gasteiger partial charge in [0.15, 0.2) is 8.32 Å². The molecular formula is C46H59ClN4O8S2Si. The number of ether oxygens (including phenoxy) is 2. The number of benzene rings is 2. The van der Waals surface area contributed by atoms with E-state index in [9.17, 15) is 24.6 Å². The Labute approximate surface area is 377 Å². The summed E-state index contributed by atoms with van der Waals surface area (Å²) < 4.78 is 18.6. The van der Waals surface area contributed by atoms with Gasteiger partial charge >= 0.3 is 5.97 Å². The van der Waals surface area contributed by atoms with Gasteiger partial charge in [-0.15, -0.1) is 22.7 Å². The van der Waals surface area contributed by atoms with Gasteiger partial charge < -0.3 is 44.6 Å². The summed E-state index contributed by atoms with van der Waals surface area (Å²) in [5, 5.41) is 33.4. The highest BCUT2D eigenvalue weighted by molar-refractivity contribution is 7.12. The summed E-state index contributed by atoms with van der Waals surface area (Å²) >= 11 is 9.42. The number of hydrogen-bond acceptors (Lipinski definition) is 12. The van der Waals surface area contributed by atoms with E-state index in [0.29, 0.717) is 81.9 Å². The van der Waals surface area contributed by atoms with Crippen molar-refractivity contribution in [2.75, 3.05) is 32.6 Å². The van der Waals surface area contributed by atoms with E-state index in [1.54, 1.807) is 43.5 Å². The van der Waals surface area contributed by atoms with Crippen LogP contribution in [0.3, 0.4) is 0 Å². The average molecular weight is 924 g/mol. The molecule has 1 aliphatic carbocycles. The zero-order valence-corrected chi connectivity index (χ0v) is 39.9. The Morgan fingerprint density at radius 3 is 2.31 bits per heavy atom. The fourth-order valence-electron chi connectivity index (χ4n) is 7.66. The lowest BCUT2D eigenvalue weighted by atomic mass is 9.91. The maximum atomic E-state index is 13.4. The molecule has 5 N–H and O–H groups in total. The molecule has 16 heteroatoms. The summed E-state index contributed by atoms with van der Waals surface area (Å²) in [5.41, 5.74) is 0.368. The SMILES string of the molecule is COc1cc(NC(=O)CCCN(C)C2CCC(OC(=O)C(O)(c3cccs3)c3cccs3)CC2)c(Cl)cc1CNC[C@@H](O[Si](C)(C)C(C)(C)C)c1ccc(O)c2[nH]c(=O)ccc12. The second-order valence-corrected chi connectivity index (χ2v) is 24.6. The molecule has 12 nitrogen and oxygen atoms in total. The Morgan fingerprint density at radius 2 is 1.69 bits per heavy atom. The van der Waals surface area contributed by atoms with Crippen LogP contribution in [0.25, 0.3) is 10.9 Å². The van der Waals surface area contributed by atoms with Crippen LogP contribution in [0.5, 0.6) is 11.5 Å². The maximum absolute atomic E-state index is 13.4. The largest absolute Gasteiger partial charge is 0.506 e. The zero-order valence-electron chi connectivity index (χ0n) is 36.5. The van der Waals surface area contributed by atoms with Crippen LogP contribution in [0.4, 0.5) is 5.69 Å². The van der Waals surface area contributed by atoms with Gasteiger partial charge in [0.25, 0.3) is 0 Å². The molecule has 5 aromatic rings. The molecule has 1 atom stereocenters. The highest BCUT2D eigenvalue weighted by Crippen LogP contribution is 2.42. The van der Waals surface area contributed by atoms with Crippen LogP contribution in [0, 0.1) is 0 Å². The molecule has 0 saturated heterocycles. The minimum atomic E-state index is -2.28. The molecule has 0 spiro atoms. The number of aromatic hydroxyl groups is 1. The lowest BCUT2D eigenvalue weighted by molar-refractivity contribution is -0.169. The normalized spacial score (nSPS) is 16.7. The fraction of sp³-hybridized carbons (Fsp3) is 0.457. The van der Waals surface area contributed by atoms with E-state index in [-0.39, 0.29) is 28.4 Å². The third-order valence-corrected chi connectivity index (χ3v) is 19.0. The number of aromatic nitrogens is 1. The highest BCUT2D eigenvalue weighted by atomic mass is 35.5. The van der Waals surface area contributed by atoms with Gasteiger partial charge in [0.1, 0.15) is 17.6 Å². The van der Waals surface area contributed by atoms with Crippen LogP contribution in [-0.2, 0) is 30.9 Å². The molecular weight excluding hydrogens is 864 g/mol. The fourth-order valence-corrected chi connectivity index (χ4v) is 10.9. The Kier molecular flexibility index (Phi) is 15.4. The predicted molar refractivity (Wildman–Crippen MR) is 251 cm³/mol. The topological polar surface area (TPSA) is 162 Å². The molecule has 0 bridgehead atoms. The lowest BCUT2D eigenvalue weighted by Crippen LogP contribution is -2.43. The third kappa shape index (κ3) is 11.0. The molecule has 0 unspecified atom stereocenters. The molecule has 1 fully saturated rings. The number of aliphatic hydroxyl groups is 1. The van der Waals surface area contributed by atoms with Gasteiger partial charge in [-0.25, -0.2) is 4.79 Å². The Bertz CT molecular complexity index is 2320. The average Bonchev–Trinajstić information content (AvgIpc) is 3.98.